The van der Waals surface area contributed by atoms with E-state index in [1.54, 1.807) is 12.1 Å². The third kappa shape index (κ3) is 3.64. The summed E-state index contributed by atoms with van der Waals surface area (Å²) in [6, 6.07) is 11.8. The minimum Gasteiger partial charge on any atom is -0.478 e. The van der Waals surface area contributed by atoms with Crippen molar-refractivity contribution in [2.45, 2.75) is 33.3 Å². The summed E-state index contributed by atoms with van der Waals surface area (Å²) in [7, 11) is 0. The van der Waals surface area contributed by atoms with Gasteiger partial charge in [0.25, 0.3) is 5.91 Å². The van der Waals surface area contributed by atoms with E-state index in [2.05, 4.69) is 5.32 Å². The van der Waals surface area contributed by atoms with Crippen LogP contribution in [0.2, 0.25) is 0 Å². The zero-order valence-corrected chi connectivity index (χ0v) is 13.0. The van der Waals surface area contributed by atoms with Crippen LogP contribution < -0.4 is 10.1 Å². The Morgan fingerprint density at radius 1 is 1.18 bits per heavy atom. The summed E-state index contributed by atoms with van der Waals surface area (Å²) in [6.45, 7) is 5.76. The predicted molar refractivity (Wildman–Crippen MR) is 85.7 cm³/mol. The first-order valence-electron chi connectivity index (χ1n) is 7.31. The molecule has 0 unspecified atom stereocenters. The maximum absolute atomic E-state index is 13.6. The van der Waals surface area contributed by atoms with Gasteiger partial charge >= 0.3 is 0 Å². The molecule has 1 atom stereocenters. The van der Waals surface area contributed by atoms with Gasteiger partial charge in [-0.3, -0.25) is 4.79 Å². The minimum atomic E-state index is -0.739. The van der Waals surface area contributed by atoms with Crippen molar-refractivity contribution in [2.75, 3.05) is 5.32 Å². The highest BCUT2D eigenvalue weighted by molar-refractivity contribution is 5.95. The summed E-state index contributed by atoms with van der Waals surface area (Å²) in [5.41, 5.74) is 2.86. The molecule has 0 aliphatic rings. The molecule has 0 saturated heterocycles. The van der Waals surface area contributed by atoms with Gasteiger partial charge in [0.2, 0.25) is 0 Å². The SMILES string of the molecule is CC[C@H](Oc1ccccc1F)C(=O)Nc1cccc(C)c1C. The molecule has 0 aromatic heterocycles. The van der Waals surface area contributed by atoms with Crippen LogP contribution in [-0.2, 0) is 4.79 Å². The van der Waals surface area contributed by atoms with E-state index in [1.165, 1.54) is 12.1 Å². The Labute approximate surface area is 130 Å². The minimum absolute atomic E-state index is 0.0884. The number of hydrogen-bond donors (Lipinski definition) is 1. The first-order valence-corrected chi connectivity index (χ1v) is 7.31. The smallest absolute Gasteiger partial charge is 0.265 e. The van der Waals surface area contributed by atoms with Crippen LogP contribution in [-0.4, -0.2) is 12.0 Å². The van der Waals surface area contributed by atoms with Gasteiger partial charge < -0.3 is 10.1 Å². The molecule has 1 N–H and O–H groups in total. The maximum Gasteiger partial charge on any atom is 0.265 e. The van der Waals surface area contributed by atoms with Crippen LogP contribution in [0.5, 0.6) is 5.75 Å². The van der Waals surface area contributed by atoms with Gasteiger partial charge in [0.15, 0.2) is 17.7 Å². The highest BCUT2D eigenvalue weighted by atomic mass is 19.1. The Hall–Kier alpha value is -2.36. The molecule has 2 aromatic rings. The van der Waals surface area contributed by atoms with Gasteiger partial charge in [-0.1, -0.05) is 31.2 Å². The number of hydrogen-bond acceptors (Lipinski definition) is 2. The molecule has 0 saturated carbocycles. The van der Waals surface area contributed by atoms with Gasteiger partial charge in [-0.15, -0.1) is 0 Å². The molecule has 0 spiro atoms. The molecule has 2 aromatic carbocycles. The van der Waals surface area contributed by atoms with E-state index in [0.717, 1.165) is 16.8 Å². The topological polar surface area (TPSA) is 38.3 Å². The first kappa shape index (κ1) is 16.0. The Morgan fingerprint density at radius 3 is 2.59 bits per heavy atom. The average Bonchev–Trinajstić information content (AvgIpc) is 2.51. The highest BCUT2D eigenvalue weighted by Gasteiger charge is 2.20. The highest BCUT2D eigenvalue weighted by Crippen LogP contribution is 2.21. The van der Waals surface area contributed by atoms with Crippen molar-refractivity contribution in [2.24, 2.45) is 0 Å². The van der Waals surface area contributed by atoms with Crippen molar-refractivity contribution >= 4 is 11.6 Å². The second-order valence-corrected chi connectivity index (χ2v) is 5.18. The molecule has 1 amide bonds. The number of rotatable bonds is 5. The first-order chi connectivity index (χ1) is 10.5. The summed E-state index contributed by atoms with van der Waals surface area (Å²) in [6.07, 6.45) is -0.290. The molecule has 0 heterocycles. The van der Waals surface area contributed by atoms with Crippen LogP contribution in [0.3, 0.4) is 0 Å². The Bertz CT molecular complexity index is 670. The van der Waals surface area contributed by atoms with Crippen molar-refractivity contribution < 1.29 is 13.9 Å². The molecule has 22 heavy (non-hydrogen) atoms. The van der Waals surface area contributed by atoms with Gasteiger partial charge in [0, 0.05) is 5.69 Å². The number of amides is 1. The number of aryl methyl sites for hydroxylation is 1. The van der Waals surface area contributed by atoms with E-state index in [0.29, 0.717) is 6.42 Å². The predicted octanol–water partition coefficient (Wildman–Crippen LogP) is 4.24. The number of carbonyl (C=O) groups excluding carboxylic acids is 1. The number of carbonyl (C=O) groups is 1. The maximum atomic E-state index is 13.6. The molecular formula is C18H20FNO2. The normalized spacial score (nSPS) is 11.8. The number of para-hydroxylation sites is 1. The van der Waals surface area contributed by atoms with Gasteiger partial charge in [-0.05, 0) is 49.6 Å². The van der Waals surface area contributed by atoms with E-state index in [9.17, 15) is 9.18 Å². The molecule has 116 valence electrons. The fraction of sp³-hybridized carbons (Fsp3) is 0.278. The summed E-state index contributed by atoms with van der Waals surface area (Å²) in [5, 5.41) is 2.86. The van der Waals surface area contributed by atoms with Crippen molar-refractivity contribution in [3.05, 3.63) is 59.4 Å². The third-order valence-electron chi connectivity index (χ3n) is 3.63. The summed E-state index contributed by atoms with van der Waals surface area (Å²) < 4.78 is 19.1. The largest absolute Gasteiger partial charge is 0.478 e. The molecule has 0 aliphatic heterocycles. The number of benzene rings is 2. The molecule has 0 radical (unpaired) electrons. The Kier molecular flexibility index (Phi) is 5.15. The molecule has 0 aliphatic carbocycles. The molecule has 0 bridgehead atoms. The monoisotopic (exact) mass is 301 g/mol. The molecule has 3 nitrogen and oxygen atoms in total. The molecular weight excluding hydrogens is 281 g/mol. The number of anilines is 1. The fourth-order valence-corrected chi connectivity index (χ4v) is 2.12. The van der Waals surface area contributed by atoms with Crippen molar-refractivity contribution in [3.8, 4) is 5.75 Å². The fourth-order valence-electron chi connectivity index (χ4n) is 2.12. The van der Waals surface area contributed by atoms with Crippen molar-refractivity contribution in [1.29, 1.82) is 0 Å². The van der Waals surface area contributed by atoms with Gasteiger partial charge in [0.05, 0.1) is 0 Å². The van der Waals surface area contributed by atoms with E-state index < -0.39 is 11.9 Å². The van der Waals surface area contributed by atoms with Gasteiger partial charge in [-0.25, -0.2) is 4.39 Å². The number of ether oxygens (including phenoxy) is 1. The van der Waals surface area contributed by atoms with Gasteiger partial charge in [-0.2, -0.15) is 0 Å². The second-order valence-electron chi connectivity index (χ2n) is 5.18. The van der Waals surface area contributed by atoms with Gasteiger partial charge in [0.1, 0.15) is 0 Å². The summed E-state index contributed by atoms with van der Waals surface area (Å²) in [5.74, 6) is -0.662. The standard InChI is InChI=1S/C18H20FNO2/c1-4-16(22-17-11-6-5-9-14(17)19)18(21)20-15-10-7-8-12(2)13(15)3/h5-11,16H,4H2,1-3H3,(H,20,21)/t16-/m0/s1. The zero-order chi connectivity index (χ0) is 16.1. The number of nitrogens with one attached hydrogen (secondary N) is 1. The lowest BCUT2D eigenvalue weighted by Gasteiger charge is -2.18. The lowest BCUT2D eigenvalue weighted by atomic mass is 10.1. The van der Waals surface area contributed by atoms with E-state index in [1.807, 2.05) is 39.0 Å². The summed E-state index contributed by atoms with van der Waals surface area (Å²) in [4.78, 5) is 12.4. The Morgan fingerprint density at radius 2 is 1.91 bits per heavy atom. The van der Waals surface area contributed by atoms with Crippen molar-refractivity contribution in [3.63, 3.8) is 0 Å². The molecule has 4 heteroatoms. The second kappa shape index (κ2) is 7.07. The van der Waals surface area contributed by atoms with E-state index >= 15 is 0 Å². The lowest BCUT2D eigenvalue weighted by Crippen LogP contribution is -2.32. The zero-order valence-electron chi connectivity index (χ0n) is 13.0. The van der Waals surface area contributed by atoms with Crippen LogP contribution in [0, 0.1) is 19.7 Å². The van der Waals surface area contributed by atoms with Crippen molar-refractivity contribution in [1.82, 2.24) is 0 Å². The molecule has 2 rings (SSSR count). The lowest BCUT2D eigenvalue weighted by molar-refractivity contribution is -0.122. The number of halogens is 1. The van der Waals surface area contributed by atoms with Crippen LogP contribution in [0.25, 0.3) is 0 Å². The van der Waals surface area contributed by atoms with E-state index in [4.69, 9.17) is 4.74 Å². The summed E-state index contributed by atoms with van der Waals surface area (Å²) >= 11 is 0. The Balaban J connectivity index is 2.12. The van der Waals surface area contributed by atoms with E-state index in [-0.39, 0.29) is 11.7 Å². The average molecular weight is 301 g/mol. The third-order valence-corrected chi connectivity index (χ3v) is 3.63. The molecule has 0 fully saturated rings. The van der Waals surface area contributed by atoms with Crippen LogP contribution in [0.4, 0.5) is 10.1 Å². The quantitative estimate of drug-likeness (QED) is 0.897. The van der Waals surface area contributed by atoms with Crippen LogP contribution in [0.15, 0.2) is 42.5 Å². The van der Waals surface area contributed by atoms with Crippen LogP contribution in [0.1, 0.15) is 24.5 Å². The van der Waals surface area contributed by atoms with Crippen LogP contribution >= 0.6 is 0 Å².